The molecule has 0 aromatic heterocycles. The molecule has 690 valence electrons. The summed E-state index contributed by atoms with van der Waals surface area (Å²) in [5.74, 6) is 9.48. The van der Waals surface area contributed by atoms with Gasteiger partial charge in [-0.3, -0.25) is 0 Å². The van der Waals surface area contributed by atoms with Crippen LogP contribution in [0.25, 0.3) is 179 Å². The van der Waals surface area contributed by atoms with Gasteiger partial charge in [0.2, 0.25) is 0 Å². The van der Waals surface area contributed by atoms with Gasteiger partial charge in [0.25, 0.3) is 0 Å². The molecule has 150 heavy (non-hydrogen) atoms. The Morgan fingerprint density at radius 3 is 0.967 bits per heavy atom. The van der Waals surface area contributed by atoms with Gasteiger partial charge in [-0.15, -0.1) is 0 Å². The third-order valence-corrected chi connectivity index (χ3v) is 33.2. The molecule has 0 saturated carbocycles. The third kappa shape index (κ3) is 13.3. The Balaban J connectivity index is 0.0000000810. The van der Waals surface area contributed by atoms with E-state index in [1.165, 1.54) is 263 Å². The Morgan fingerprint density at radius 2 is 0.453 bits per heavy atom. The first-order valence-electron chi connectivity index (χ1n) is 52.5. The van der Waals surface area contributed by atoms with Crippen LogP contribution in [0.5, 0.6) is 0 Å². The average molecular weight is 1900 g/mol. The normalized spacial score (nSPS) is 14.1. The summed E-state index contributed by atoms with van der Waals surface area (Å²) in [5, 5.41) is 29.4. The zero-order chi connectivity index (χ0) is 98.3. The van der Waals surface area contributed by atoms with Crippen LogP contribution < -0.4 is 93.4 Å². The molecule has 0 amide bonds. The molecule has 12 heterocycles. The number of hydrogen-bond donors (Lipinski definition) is 0. The van der Waals surface area contributed by atoms with Crippen LogP contribution in [0.3, 0.4) is 0 Å². The zero-order valence-corrected chi connectivity index (χ0v) is 82.1. The Morgan fingerprint density at radius 1 is 0.160 bits per heavy atom. The number of nitrogens with zero attached hydrogens (tertiary/aromatic N) is 6. The van der Waals surface area contributed by atoms with Crippen LogP contribution in [0.1, 0.15) is 22.3 Å². The summed E-state index contributed by atoms with van der Waals surface area (Å²) in [6, 6.07) is 172. The van der Waals surface area contributed by atoms with E-state index in [9.17, 15) is 0 Å². The van der Waals surface area contributed by atoms with E-state index in [0.717, 1.165) is 0 Å². The smallest absolute Gasteiger partial charge is 0.328 e. The Labute approximate surface area is 872 Å². The predicted molar refractivity (Wildman–Crippen MR) is 649 cm³/mol. The van der Waals surface area contributed by atoms with Crippen molar-refractivity contribution in [3.8, 4) is 33.4 Å². The Bertz CT molecular complexity index is 10100. The van der Waals surface area contributed by atoms with Gasteiger partial charge in [-0.1, -0.05) is 461 Å². The molecule has 0 atom stereocenters. The van der Waals surface area contributed by atoms with Crippen LogP contribution >= 0.6 is 0 Å². The number of fused-ring (bicyclic) bond motifs is 43. The summed E-state index contributed by atoms with van der Waals surface area (Å²) in [4.78, 5) is 14.7. The van der Waals surface area contributed by atoms with Gasteiger partial charge in [0.05, 0.1) is 0 Å². The molecule has 0 aliphatic carbocycles. The summed E-state index contributed by atoms with van der Waals surface area (Å²) in [6.45, 7) is 1.49. The molecule has 12 aliphatic heterocycles. The predicted octanol–water partition coefficient (Wildman–Crippen LogP) is 24.7. The van der Waals surface area contributed by atoms with E-state index < -0.39 is 0 Å². The van der Waals surface area contributed by atoms with E-state index in [1.54, 1.807) is 0 Å². The van der Waals surface area contributed by atoms with Crippen molar-refractivity contribution in [2.45, 2.75) is 0 Å². The van der Waals surface area contributed by atoms with E-state index in [-0.39, 0.29) is 41.1 Å². The first kappa shape index (κ1) is 85.6. The largest absolute Gasteiger partial charge is 0.383 e. The fourth-order valence-corrected chi connectivity index (χ4v) is 26.8. The summed E-state index contributed by atoms with van der Waals surface area (Å²) in [5.41, 5.74) is 34.8. The van der Waals surface area contributed by atoms with Gasteiger partial charge in [-0.25, -0.2) is 0 Å². The van der Waals surface area contributed by atoms with Gasteiger partial charge in [0, 0.05) is 78.3 Å². The monoisotopic (exact) mass is 1900 g/mol. The Kier molecular flexibility index (Phi) is 19.7. The van der Waals surface area contributed by atoms with Gasteiger partial charge >= 0.3 is 41.1 Å². The summed E-state index contributed by atoms with van der Waals surface area (Å²) in [6.07, 6.45) is 18.1. The summed E-state index contributed by atoms with van der Waals surface area (Å²) < 4.78 is 0. The number of para-hydroxylation sites is 5. The molecule has 6 nitrogen and oxygen atoms in total. The standard InChI is InChI=1S/3C24H16BN.3C22H14BN/c1-3-9-19-17(7-1)13-14-21-24(19)20-10-4-6-12-23(20)26-22-11-5-2-8-18(22)15-16-25(21)26;1-3-9-19-17(7-1)13-14-22-24(19)20-10-4-6-12-23(20)26-16-15-18-8-2-5-11-21(18)25(22)26;1-2-9-19-16-26-23-12-6-5-11-21(23)24-20-10-4-3-7-17(20)13-14-22(24)25(26)15-18(19)8-1;1-2-9-19-15(5-1)13-14-23-18-8-3-6-16-11-12-17-7-4-10-20(24(19)23)22(17)21(16)18;1-2-8-18-15(5-1)13-14-24-20-10-4-7-17-12-11-16-6-3-9-19(23(18)24)21(16)22(17)20;1-2-6-18-14-24-20-10-4-8-16-12-11-15-7-3-9-19(21(15)22(16)20)23(24)13-17(18)5-1/h3*1-16H;3*1-14H. The van der Waals surface area contributed by atoms with Crippen LogP contribution in [0, 0.1) is 0 Å². The molecule has 0 fully saturated rings. The summed E-state index contributed by atoms with van der Waals surface area (Å²) in [7, 11) is 0. The molecule has 0 bridgehead atoms. The fourth-order valence-electron chi connectivity index (χ4n) is 26.8. The quantitative estimate of drug-likeness (QED) is 0.111. The lowest BCUT2D eigenvalue weighted by molar-refractivity contribution is 1.35. The van der Waals surface area contributed by atoms with Gasteiger partial charge in [-0.05, 0) is 270 Å². The first-order valence-corrected chi connectivity index (χ1v) is 52.5. The van der Waals surface area contributed by atoms with Gasteiger partial charge < -0.3 is 28.9 Å². The molecular formula is C138H90B6N6. The highest BCUT2D eigenvalue weighted by Crippen LogP contribution is 2.50. The molecule has 0 radical (unpaired) electrons. The van der Waals surface area contributed by atoms with Crippen molar-refractivity contribution in [1.82, 2.24) is 0 Å². The number of benzene rings is 24. The molecular weight excluding hydrogens is 1810 g/mol. The van der Waals surface area contributed by atoms with Gasteiger partial charge in [0.15, 0.2) is 0 Å². The molecule has 0 N–H and O–H groups in total. The van der Waals surface area contributed by atoms with Crippen molar-refractivity contribution in [3.05, 3.63) is 541 Å². The second-order valence-corrected chi connectivity index (χ2v) is 41.0. The topological polar surface area (TPSA) is 19.4 Å². The Hall–Kier alpha value is -18.8. The lowest BCUT2D eigenvalue weighted by Crippen LogP contribution is -2.59. The van der Waals surface area contributed by atoms with Crippen molar-refractivity contribution in [1.29, 1.82) is 0 Å². The van der Waals surface area contributed by atoms with Gasteiger partial charge in [0.1, 0.15) is 0 Å². The van der Waals surface area contributed by atoms with Crippen molar-refractivity contribution in [3.63, 3.8) is 0 Å². The second kappa shape index (κ2) is 34.5. The highest BCUT2D eigenvalue weighted by molar-refractivity contribution is 6.95. The van der Waals surface area contributed by atoms with Crippen molar-refractivity contribution < 1.29 is 0 Å². The highest BCUT2D eigenvalue weighted by Gasteiger charge is 2.44. The molecule has 12 aliphatic rings. The molecule has 24 aromatic carbocycles. The fraction of sp³-hybridized carbons (Fsp3) is 0. The molecule has 24 aromatic rings. The van der Waals surface area contributed by atoms with Crippen LogP contribution in [-0.4, -0.2) is 41.1 Å². The first-order chi connectivity index (χ1) is 74.5. The van der Waals surface area contributed by atoms with Gasteiger partial charge in [-0.2, -0.15) is 0 Å². The lowest BCUT2D eigenvalue weighted by atomic mass is 9.44. The highest BCUT2D eigenvalue weighted by atomic mass is 15.1. The maximum Gasteiger partial charge on any atom is 0.328 e. The maximum absolute atomic E-state index is 2.50. The van der Waals surface area contributed by atoms with Crippen molar-refractivity contribution in [2.24, 2.45) is 0 Å². The van der Waals surface area contributed by atoms with E-state index >= 15 is 0 Å². The molecule has 0 unspecified atom stereocenters. The molecule has 12 heteroatoms. The number of anilines is 8. The maximum atomic E-state index is 2.50. The zero-order valence-electron chi connectivity index (χ0n) is 82.1. The van der Waals surface area contributed by atoms with E-state index in [0.29, 0.717) is 0 Å². The van der Waals surface area contributed by atoms with Crippen LogP contribution in [-0.2, 0) is 0 Å². The summed E-state index contributed by atoms with van der Waals surface area (Å²) >= 11 is 0. The lowest BCUT2D eigenvalue weighted by Gasteiger charge is -2.40. The van der Waals surface area contributed by atoms with Crippen LogP contribution in [0.15, 0.2) is 498 Å². The van der Waals surface area contributed by atoms with E-state index in [2.05, 4.69) is 575 Å². The SMILES string of the molecule is C1=CN2B(c3ccccc31)c1ccc3ccccc3c1-c1ccccc12.C1=CN2B(c3ccccc31)c1cccc3ccc4cccc2c4c13.C1=Cc2ccccc2N2B1c1ccc3ccccc3c1-c1ccccc12.C1=Cc2ccccc2N2B1c1cccc3ccc4cccc2c4c13.C1=c2ccccc2=CN2B1c1ccc3ccccc3c1-c1ccccc12.C1=c2ccccc2=CN2B1c1cccc3ccc4cccc2c4c13. The molecule has 0 spiro atoms. The van der Waals surface area contributed by atoms with Crippen molar-refractivity contribution in [2.75, 3.05) is 28.9 Å². The second-order valence-electron chi connectivity index (χ2n) is 41.0. The van der Waals surface area contributed by atoms with E-state index in [4.69, 9.17) is 0 Å². The van der Waals surface area contributed by atoms with E-state index in [1.807, 2.05) is 0 Å². The molecule has 36 rings (SSSR count). The van der Waals surface area contributed by atoms with Crippen LogP contribution in [0.2, 0.25) is 0 Å². The van der Waals surface area contributed by atoms with Crippen molar-refractivity contribution >= 4 is 276 Å². The number of rotatable bonds is 0. The minimum absolute atomic E-state index is 0.228. The number of hydrogen-bond acceptors (Lipinski definition) is 6. The van der Waals surface area contributed by atoms with Crippen LogP contribution in [0.4, 0.5) is 45.5 Å². The minimum atomic E-state index is 0.228. The molecule has 0 saturated heterocycles. The minimum Gasteiger partial charge on any atom is -0.383 e. The average Bonchev–Trinajstić information content (AvgIpc) is 0.619. The third-order valence-electron chi connectivity index (χ3n) is 33.2.